The maximum atomic E-state index is 13.3. The van der Waals surface area contributed by atoms with Crippen molar-refractivity contribution in [1.82, 2.24) is 14.3 Å². The first-order valence-electron chi connectivity index (χ1n) is 7.35. The van der Waals surface area contributed by atoms with Crippen LogP contribution in [0.2, 0.25) is 0 Å². The summed E-state index contributed by atoms with van der Waals surface area (Å²) < 4.78 is 58.5. The molecule has 1 aliphatic rings. The summed E-state index contributed by atoms with van der Waals surface area (Å²) in [5, 5.41) is 0. The van der Waals surface area contributed by atoms with Gasteiger partial charge in [0.1, 0.15) is 12.4 Å². The van der Waals surface area contributed by atoms with Crippen LogP contribution in [0.3, 0.4) is 0 Å². The van der Waals surface area contributed by atoms with Gasteiger partial charge in [-0.15, -0.1) is 0 Å². The van der Waals surface area contributed by atoms with Gasteiger partial charge in [-0.25, -0.2) is 27.2 Å². The normalized spacial score (nSPS) is 19.2. The largest absolute Gasteiger partial charge is 0.473 e. The summed E-state index contributed by atoms with van der Waals surface area (Å²) in [6.07, 6.45) is 3.77. The molecule has 1 saturated heterocycles. The number of sulfonamides is 1. The van der Waals surface area contributed by atoms with Gasteiger partial charge < -0.3 is 4.74 Å². The summed E-state index contributed by atoms with van der Waals surface area (Å²) in [5.41, 5.74) is 0. The molecule has 1 aromatic carbocycles. The van der Waals surface area contributed by atoms with Crippen LogP contribution in [0, 0.1) is 11.6 Å². The first-order valence-corrected chi connectivity index (χ1v) is 8.79. The van der Waals surface area contributed by atoms with E-state index in [0.717, 1.165) is 12.1 Å². The molecule has 1 aromatic heterocycles. The predicted octanol–water partition coefficient (Wildman–Crippen LogP) is 1.99. The van der Waals surface area contributed by atoms with Gasteiger partial charge in [0, 0.05) is 18.8 Å². The van der Waals surface area contributed by atoms with E-state index in [1.54, 1.807) is 6.07 Å². The van der Waals surface area contributed by atoms with E-state index in [-0.39, 0.29) is 17.5 Å². The van der Waals surface area contributed by atoms with E-state index < -0.39 is 21.7 Å². The fourth-order valence-electron chi connectivity index (χ4n) is 2.52. The molecule has 2 aromatic rings. The first-order chi connectivity index (χ1) is 11.5. The predicted molar refractivity (Wildman–Crippen MR) is 80.8 cm³/mol. The van der Waals surface area contributed by atoms with Crippen LogP contribution in [0.25, 0.3) is 0 Å². The fourth-order valence-corrected chi connectivity index (χ4v) is 4.05. The molecule has 0 amide bonds. The molecule has 1 unspecified atom stereocenters. The summed E-state index contributed by atoms with van der Waals surface area (Å²) in [6.45, 7) is 0.413. The number of benzene rings is 1. The number of hydrogen-bond donors (Lipinski definition) is 0. The molecule has 0 spiro atoms. The number of nitrogens with zero attached hydrogens (tertiary/aromatic N) is 3. The summed E-state index contributed by atoms with van der Waals surface area (Å²) in [4.78, 5) is 7.46. The molecule has 128 valence electrons. The quantitative estimate of drug-likeness (QED) is 0.839. The zero-order valence-electron chi connectivity index (χ0n) is 12.6. The molecule has 6 nitrogen and oxygen atoms in total. The second-order valence-corrected chi connectivity index (χ2v) is 7.31. The topological polar surface area (TPSA) is 72.4 Å². The van der Waals surface area contributed by atoms with Gasteiger partial charge in [0.25, 0.3) is 0 Å². The summed E-state index contributed by atoms with van der Waals surface area (Å²) in [6, 6.07) is 4.14. The molecule has 0 aliphatic carbocycles. The van der Waals surface area contributed by atoms with Crippen LogP contribution in [-0.2, 0) is 10.0 Å². The van der Waals surface area contributed by atoms with E-state index in [0.29, 0.717) is 31.3 Å². The Morgan fingerprint density at radius 1 is 1.21 bits per heavy atom. The second kappa shape index (κ2) is 6.78. The van der Waals surface area contributed by atoms with Crippen molar-refractivity contribution in [2.75, 3.05) is 13.1 Å². The average molecular weight is 355 g/mol. The SMILES string of the molecule is O=S(=O)(c1ccc(F)c(F)c1)N1CCCC(Oc2ccncn2)C1. The maximum absolute atomic E-state index is 13.3. The Balaban J connectivity index is 1.77. The Kier molecular flexibility index (Phi) is 4.72. The molecule has 0 saturated carbocycles. The minimum atomic E-state index is -3.91. The number of piperidine rings is 1. The maximum Gasteiger partial charge on any atom is 0.243 e. The van der Waals surface area contributed by atoms with E-state index in [2.05, 4.69) is 9.97 Å². The Bertz CT molecular complexity index is 818. The van der Waals surface area contributed by atoms with E-state index in [9.17, 15) is 17.2 Å². The number of hydrogen-bond acceptors (Lipinski definition) is 5. The van der Waals surface area contributed by atoms with Gasteiger partial charge in [0.2, 0.25) is 15.9 Å². The highest BCUT2D eigenvalue weighted by Gasteiger charge is 2.31. The van der Waals surface area contributed by atoms with Gasteiger partial charge in [-0.1, -0.05) is 0 Å². The molecule has 0 bridgehead atoms. The highest BCUT2D eigenvalue weighted by Crippen LogP contribution is 2.24. The van der Waals surface area contributed by atoms with Crippen LogP contribution in [0.1, 0.15) is 12.8 Å². The van der Waals surface area contributed by atoms with Gasteiger partial charge in [0.15, 0.2) is 11.6 Å². The monoisotopic (exact) mass is 355 g/mol. The molecule has 1 atom stereocenters. The van der Waals surface area contributed by atoms with Gasteiger partial charge in [-0.05, 0) is 31.0 Å². The van der Waals surface area contributed by atoms with Crippen molar-refractivity contribution in [1.29, 1.82) is 0 Å². The average Bonchev–Trinajstić information content (AvgIpc) is 2.58. The first kappa shape index (κ1) is 16.7. The van der Waals surface area contributed by atoms with Crippen LogP contribution in [0.5, 0.6) is 5.88 Å². The smallest absolute Gasteiger partial charge is 0.243 e. The third kappa shape index (κ3) is 3.51. The lowest BCUT2D eigenvalue weighted by Gasteiger charge is -2.31. The number of halogens is 2. The van der Waals surface area contributed by atoms with Crippen LogP contribution in [0.15, 0.2) is 41.7 Å². The highest BCUT2D eigenvalue weighted by molar-refractivity contribution is 7.89. The number of rotatable bonds is 4. The lowest BCUT2D eigenvalue weighted by molar-refractivity contribution is 0.124. The molecule has 1 fully saturated rings. The Morgan fingerprint density at radius 3 is 2.75 bits per heavy atom. The molecular formula is C15H15F2N3O3S. The van der Waals surface area contributed by atoms with Crippen molar-refractivity contribution in [2.24, 2.45) is 0 Å². The van der Waals surface area contributed by atoms with Gasteiger partial charge >= 0.3 is 0 Å². The zero-order valence-corrected chi connectivity index (χ0v) is 13.4. The van der Waals surface area contributed by atoms with Crippen LogP contribution in [0.4, 0.5) is 8.78 Å². The van der Waals surface area contributed by atoms with Gasteiger partial charge in [-0.2, -0.15) is 4.31 Å². The lowest BCUT2D eigenvalue weighted by Crippen LogP contribution is -2.44. The molecule has 2 heterocycles. The molecule has 3 rings (SSSR count). The Hall–Kier alpha value is -2.13. The van der Waals surface area contributed by atoms with E-state index in [1.807, 2.05) is 0 Å². The summed E-state index contributed by atoms with van der Waals surface area (Å²) >= 11 is 0. The zero-order chi connectivity index (χ0) is 17.2. The molecule has 0 radical (unpaired) electrons. The van der Waals surface area contributed by atoms with Crippen molar-refractivity contribution in [2.45, 2.75) is 23.8 Å². The molecule has 1 aliphatic heterocycles. The van der Waals surface area contributed by atoms with E-state index >= 15 is 0 Å². The van der Waals surface area contributed by atoms with Crippen LogP contribution < -0.4 is 4.74 Å². The van der Waals surface area contributed by atoms with Crippen molar-refractivity contribution < 1.29 is 21.9 Å². The second-order valence-electron chi connectivity index (χ2n) is 5.37. The molecule has 9 heteroatoms. The standard InChI is InChI=1S/C15H15F2N3O3S/c16-13-4-3-12(8-14(13)17)24(21,22)20-7-1-2-11(9-20)23-15-5-6-18-10-19-15/h3-6,8,10-11H,1-2,7,9H2. The molecular weight excluding hydrogens is 340 g/mol. The summed E-state index contributed by atoms with van der Waals surface area (Å²) in [5.74, 6) is -1.92. The van der Waals surface area contributed by atoms with E-state index in [1.165, 1.54) is 16.8 Å². The minimum Gasteiger partial charge on any atom is -0.473 e. The fraction of sp³-hybridized carbons (Fsp3) is 0.333. The van der Waals surface area contributed by atoms with Crippen molar-refractivity contribution in [3.8, 4) is 5.88 Å². The lowest BCUT2D eigenvalue weighted by atomic mass is 10.1. The summed E-state index contributed by atoms with van der Waals surface area (Å²) in [7, 11) is -3.91. The van der Waals surface area contributed by atoms with E-state index in [4.69, 9.17) is 4.74 Å². The van der Waals surface area contributed by atoms with Gasteiger partial charge in [-0.3, -0.25) is 0 Å². The van der Waals surface area contributed by atoms with Crippen molar-refractivity contribution in [3.05, 3.63) is 48.4 Å². The molecule has 24 heavy (non-hydrogen) atoms. The molecule has 0 N–H and O–H groups in total. The van der Waals surface area contributed by atoms with Gasteiger partial charge in [0.05, 0.1) is 11.4 Å². The number of ether oxygens (including phenoxy) is 1. The van der Waals surface area contributed by atoms with Crippen molar-refractivity contribution in [3.63, 3.8) is 0 Å². The Morgan fingerprint density at radius 2 is 2.04 bits per heavy atom. The van der Waals surface area contributed by atoms with Crippen molar-refractivity contribution >= 4 is 10.0 Å². The minimum absolute atomic E-state index is 0.116. The van der Waals surface area contributed by atoms with Crippen LogP contribution in [-0.4, -0.2) is 41.9 Å². The Labute approximate surface area is 138 Å². The third-order valence-electron chi connectivity index (χ3n) is 3.71. The number of aromatic nitrogens is 2. The third-order valence-corrected chi connectivity index (χ3v) is 5.57. The van der Waals surface area contributed by atoms with Crippen LogP contribution >= 0.6 is 0 Å². The highest BCUT2D eigenvalue weighted by atomic mass is 32.2.